The van der Waals surface area contributed by atoms with Gasteiger partial charge in [-0.05, 0) is 6.07 Å². The molecule has 1 heterocycles. The maximum atomic E-state index is 10.9. The zero-order chi connectivity index (χ0) is 15.4. The molecule has 0 atom stereocenters. The predicted octanol–water partition coefficient (Wildman–Crippen LogP) is 3.86. The van der Waals surface area contributed by atoms with E-state index >= 15 is 0 Å². The Balaban J connectivity index is 1.86. The van der Waals surface area contributed by atoms with Gasteiger partial charge in [-0.25, -0.2) is 4.99 Å². The number of para-hydroxylation sites is 1. The van der Waals surface area contributed by atoms with Crippen LogP contribution in [-0.2, 0) is 0 Å². The van der Waals surface area contributed by atoms with Crippen molar-refractivity contribution in [1.82, 2.24) is 10.2 Å². The summed E-state index contributed by atoms with van der Waals surface area (Å²) in [7, 11) is 0. The van der Waals surface area contributed by atoms with E-state index in [9.17, 15) is 10.1 Å². The number of nitro benzene ring substituents is 1. The molecule has 0 fully saturated rings. The van der Waals surface area contributed by atoms with Crippen LogP contribution in [0.5, 0.6) is 0 Å². The van der Waals surface area contributed by atoms with Gasteiger partial charge in [-0.1, -0.05) is 53.8 Å². The van der Waals surface area contributed by atoms with Gasteiger partial charge in [0.25, 0.3) is 5.69 Å². The first kappa shape index (κ1) is 14.0. The van der Waals surface area contributed by atoms with Gasteiger partial charge in [0.05, 0.1) is 10.5 Å². The molecule has 0 bridgehead atoms. The van der Waals surface area contributed by atoms with Crippen LogP contribution >= 0.6 is 11.3 Å². The number of nitrogens with zero attached hydrogens (tertiary/aromatic N) is 4. The summed E-state index contributed by atoms with van der Waals surface area (Å²) in [6.45, 7) is 0. The van der Waals surface area contributed by atoms with Crippen molar-refractivity contribution < 1.29 is 4.92 Å². The molecule has 0 saturated carbocycles. The van der Waals surface area contributed by atoms with Crippen LogP contribution in [0.4, 0.5) is 10.8 Å². The first-order valence-corrected chi connectivity index (χ1v) is 7.22. The molecule has 0 aliphatic heterocycles. The molecular formula is C15H10N4O2S. The maximum absolute atomic E-state index is 10.9. The normalized spacial score (nSPS) is 10.9. The highest BCUT2D eigenvalue weighted by atomic mass is 32.1. The summed E-state index contributed by atoms with van der Waals surface area (Å²) in [6, 6.07) is 16.1. The SMILES string of the molecule is O=[N+]([O-])c1ccccc1C=Nc1nnc(-c2ccccc2)s1. The quantitative estimate of drug-likeness (QED) is 0.416. The lowest BCUT2D eigenvalue weighted by Crippen LogP contribution is -1.93. The van der Waals surface area contributed by atoms with Gasteiger partial charge in [-0.3, -0.25) is 10.1 Å². The van der Waals surface area contributed by atoms with Gasteiger partial charge in [0.15, 0.2) is 0 Å². The van der Waals surface area contributed by atoms with Gasteiger partial charge < -0.3 is 0 Å². The smallest absolute Gasteiger partial charge is 0.258 e. The Hall–Kier alpha value is -2.93. The van der Waals surface area contributed by atoms with Crippen LogP contribution in [-0.4, -0.2) is 21.3 Å². The van der Waals surface area contributed by atoms with Crippen LogP contribution in [0.15, 0.2) is 59.6 Å². The van der Waals surface area contributed by atoms with Crippen LogP contribution in [0.25, 0.3) is 10.6 Å². The average molecular weight is 310 g/mol. The molecule has 0 radical (unpaired) electrons. The number of rotatable bonds is 4. The third kappa shape index (κ3) is 3.04. The van der Waals surface area contributed by atoms with Crippen LogP contribution in [0, 0.1) is 10.1 Å². The van der Waals surface area contributed by atoms with Crippen molar-refractivity contribution in [3.05, 3.63) is 70.3 Å². The number of aromatic nitrogens is 2. The second-order valence-electron chi connectivity index (χ2n) is 4.33. The molecule has 0 aliphatic rings. The van der Waals surface area contributed by atoms with E-state index in [1.165, 1.54) is 23.6 Å². The number of hydrogen-bond donors (Lipinski definition) is 0. The minimum Gasteiger partial charge on any atom is -0.258 e. The van der Waals surface area contributed by atoms with Crippen LogP contribution < -0.4 is 0 Å². The van der Waals surface area contributed by atoms with Gasteiger partial charge in [0, 0.05) is 17.8 Å². The highest BCUT2D eigenvalue weighted by Crippen LogP contribution is 2.28. The second kappa shape index (κ2) is 6.23. The molecule has 7 heteroatoms. The van der Waals surface area contributed by atoms with Crippen molar-refractivity contribution in [3.8, 4) is 10.6 Å². The summed E-state index contributed by atoms with van der Waals surface area (Å²) in [4.78, 5) is 14.7. The molecule has 108 valence electrons. The van der Waals surface area contributed by atoms with Gasteiger partial charge in [0.2, 0.25) is 5.13 Å². The van der Waals surface area contributed by atoms with E-state index in [-0.39, 0.29) is 5.69 Å². The molecule has 3 rings (SSSR count). The molecule has 0 amide bonds. The van der Waals surface area contributed by atoms with Gasteiger partial charge in [-0.2, -0.15) is 0 Å². The van der Waals surface area contributed by atoms with Crippen molar-refractivity contribution in [2.24, 2.45) is 4.99 Å². The molecule has 0 spiro atoms. The molecule has 0 unspecified atom stereocenters. The summed E-state index contributed by atoms with van der Waals surface area (Å²) in [6.07, 6.45) is 1.44. The topological polar surface area (TPSA) is 81.3 Å². The molecule has 1 aromatic heterocycles. The number of hydrogen-bond acceptors (Lipinski definition) is 6. The van der Waals surface area contributed by atoms with E-state index in [1.54, 1.807) is 18.2 Å². The average Bonchev–Trinajstić information content (AvgIpc) is 3.03. The van der Waals surface area contributed by atoms with Crippen molar-refractivity contribution in [2.75, 3.05) is 0 Å². The van der Waals surface area contributed by atoms with Crippen molar-refractivity contribution in [1.29, 1.82) is 0 Å². The fourth-order valence-electron chi connectivity index (χ4n) is 1.85. The zero-order valence-corrected chi connectivity index (χ0v) is 12.1. The lowest BCUT2D eigenvalue weighted by Gasteiger charge is -1.94. The second-order valence-corrected chi connectivity index (χ2v) is 5.29. The Morgan fingerprint density at radius 1 is 1.05 bits per heavy atom. The summed E-state index contributed by atoms with van der Waals surface area (Å²) < 4.78 is 0. The van der Waals surface area contributed by atoms with Gasteiger partial charge >= 0.3 is 0 Å². The van der Waals surface area contributed by atoms with E-state index in [4.69, 9.17) is 0 Å². The number of aliphatic imine (C=N–C) groups is 1. The fourth-order valence-corrected chi connectivity index (χ4v) is 2.55. The molecule has 2 aromatic carbocycles. The Kier molecular flexibility index (Phi) is 3.97. The highest BCUT2D eigenvalue weighted by Gasteiger charge is 2.10. The largest absolute Gasteiger partial charge is 0.278 e. The van der Waals surface area contributed by atoms with Crippen LogP contribution in [0.2, 0.25) is 0 Å². The molecule has 0 aliphatic carbocycles. The molecule has 6 nitrogen and oxygen atoms in total. The summed E-state index contributed by atoms with van der Waals surface area (Å²) in [5.74, 6) is 0. The Labute approximate surface area is 130 Å². The number of benzene rings is 2. The van der Waals surface area contributed by atoms with Crippen molar-refractivity contribution in [3.63, 3.8) is 0 Å². The summed E-state index contributed by atoms with van der Waals surface area (Å²) in [5, 5.41) is 20.2. The summed E-state index contributed by atoms with van der Waals surface area (Å²) in [5.41, 5.74) is 1.41. The zero-order valence-electron chi connectivity index (χ0n) is 11.3. The van der Waals surface area contributed by atoms with Crippen LogP contribution in [0.3, 0.4) is 0 Å². The Morgan fingerprint density at radius 3 is 2.55 bits per heavy atom. The minimum atomic E-state index is -0.434. The lowest BCUT2D eigenvalue weighted by atomic mass is 10.2. The molecular weight excluding hydrogens is 300 g/mol. The monoisotopic (exact) mass is 310 g/mol. The molecule has 3 aromatic rings. The van der Waals surface area contributed by atoms with Crippen molar-refractivity contribution in [2.45, 2.75) is 0 Å². The minimum absolute atomic E-state index is 0.0130. The first-order chi connectivity index (χ1) is 10.7. The lowest BCUT2D eigenvalue weighted by molar-refractivity contribution is -0.385. The molecule has 0 N–H and O–H groups in total. The van der Waals surface area contributed by atoms with Crippen LogP contribution in [0.1, 0.15) is 5.56 Å². The van der Waals surface area contributed by atoms with Gasteiger partial charge in [-0.15, -0.1) is 10.2 Å². The van der Waals surface area contributed by atoms with E-state index in [1.807, 2.05) is 30.3 Å². The van der Waals surface area contributed by atoms with E-state index in [0.717, 1.165) is 10.6 Å². The van der Waals surface area contributed by atoms with E-state index in [0.29, 0.717) is 10.7 Å². The van der Waals surface area contributed by atoms with Gasteiger partial charge in [0.1, 0.15) is 5.01 Å². The first-order valence-electron chi connectivity index (χ1n) is 6.40. The van der Waals surface area contributed by atoms with Crippen molar-refractivity contribution >= 4 is 28.4 Å². The fraction of sp³-hybridized carbons (Fsp3) is 0. The van der Waals surface area contributed by atoms with E-state index in [2.05, 4.69) is 15.2 Å². The molecule has 22 heavy (non-hydrogen) atoms. The number of nitro groups is 1. The standard InChI is InChI=1S/C15H10N4O2S/c20-19(21)13-9-5-4-8-12(13)10-16-15-18-17-14(22-15)11-6-2-1-3-7-11/h1-10H. The Bertz CT molecular complexity index is 830. The Morgan fingerprint density at radius 2 is 1.77 bits per heavy atom. The molecule has 0 saturated heterocycles. The predicted molar refractivity (Wildman–Crippen MR) is 85.7 cm³/mol. The maximum Gasteiger partial charge on any atom is 0.278 e. The summed E-state index contributed by atoms with van der Waals surface area (Å²) >= 11 is 1.33. The highest BCUT2D eigenvalue weighted by molar-refractivity contribution is 7.18. The third-order valence-corrected chi connectivity index (χ3v) is 3.76. The van der Waals surface area contributed by atoms with E-state index < -0.39 is 4.92 Å². The third-order valence-electron chi connectivity index (χ3n) is 2.88.